The number of rotatable bonds is 7. The largest absolute Gasteiger partial charge is 0.395 e. The van der Waals surface area contributed by atoms with Crippen LogP contribution in [-0.4, -0.2) is 34.8 Å². The number of nitrogens with zero attached hydrogens (tertiary/aromatic N) is 3. The molecule has 5 heteroatoms. The number of aliphatic hydroxyl groups excluding tert-OH is 1. The molecule has 0 atom stereocenters. The predicted molar refractivity (Wildman–Crippen MR) is 85.5 cm³/mol. The number of benzene rings is 1. The van der Waals surface area contributed by atoms with Crippen LogP contribution in [0.15, 0.2) is 36.5 Å². The Morgan fingerprint density at radius 1 is 1.24 bits per heavy atom. The lowest BCUT2D eigenvalue weighted by atomic mass is 10.2. The summed E-state index contributed by atoms with van der Waals surface area (Å²) in [5, 5.41) is 12.5. The highest BCUT2D eigenvalue weighted by Crippen LogP contribution is 2.20. The quantitative estimate of drug-likeness (QED) is 0.817. The summed E-state index contributed by atoms with van der Waals surface area (Å²) in [5.41, 5.74) is 2.19. The second-order valence-electron chi connectivity index (χ2n) is 4.86. The monoisotopic (exact) mass is 286 g/mol. The van der Waals surface area contributed by atoms with E-state index in [1.54, 1.807) is 0 Å². The van der Waals surface area contributed by atoms with Crippen molar-refractivity contribution in [2.24, 2.45) is 0 Å². The molecule has 21 heavy (non-hydrogen) atoms. The van der Waals surface area contributed by atoms with Crippen LogP contribution in [0.1, 0.15) is 18.1 Å². The molecule has 0 saturated carbocycles. The Bertz CT molecular complexity index is 559. The first kappa shape index (κ1) is 15.3. The van der Waals surface area contributed by atoms with E-state index in [1.807, 2.05) is 38.2 Å². The Morgan fingerprint density at radius 3 is 2.67 bits per heavy atom. The minimum atomic E-state index is 0.0901. The molecule has 0 saturated heterocycles. The molecule has 5 nitrogen and oxygen atoms in total. The molecule has 112 valence electrons. The topological polar surface area (TPSA) is 61.3 Å². The minimum Gasteiger partial charge on any atom is -0.395 e. The molecule has 0 aliphatic carbocycles. The van der Waals surface area contributed by atoms with Gasteiger partial charge in [-0.25, -0.2) is 4.98 Å². The Kier molecular flexibility index (Phi) is 5.51. The first-order valence-electron chi connectivity index (χ1n) is 7.21. The normalized spacial score (nSPS) is 10.4. The van der Waals surface area contributed by atoms with E-state index in [-0.39, 0.29) is 6.61 Å². The Labute approximate surface area is 125 Å². The molecule has 0 unspecified atom stereocenters. The second-order valence-corrected chi connectivity index (χ2v) is 4.86. The lowest BCUT2D eigenvalue weighted by molar-refractivity contribution is 0.301. The van der Waals surface area contributed by atoms with Gasteiger partial charge < -0.3 is 15.3 Å². The molecular weight excluding hydrogens is 264 g/mol. The Hall–Kier alpha value is -2.14. The van der Waals surface area contributed by atoms with Gasteiger partial charge in [0.25, 0.3) is 0 Å². The third-order valence-corrected chi connectivity index (χ3v) is 3.17. The fourth-order valence-corrected chi connectivity index (χ4v) is 2.18. The Balaban J connectivity index is 2.26. The number of anilines is 2. The smallest absolute Gasteiger partial charge is 0.224 e. The van der Waals surface area contributed by atoms with Gasteiger partial charge in [0.05, 0.1) is 6.61 Å². The third kappa shape index (κ3) is 4.16. The molecule has 0 aliphatic heterocycles. The van der Waals surface area contributed by atoms with Crippen LogP contribution in [-0.2, 0) is 6.54 Å². The van der Waals surface area contributed by atoms with Crippen molar-refractivity contribution in [3.05, 3.63) is 47.7 Å². The summed E-state index contributed by atoms with van der Waals surface area (Å²) in [6.45, 7) is 6.12. The van der Waals surface area contributed by atoms with E-state index in [4.69, 9.17) is 0 Å². The fraction of sp³-hybridized carbons (Fsp3) is 0.375. The highest BCUT2D eigenvalue weighted by Gasteiger charge is 2.12. The molecular formula is C16H22N4O. The molecule has 0 fully saturated rings. The van der Waals surface area contributed by atoms with Gasteiger partial charge in [-0.2, -0.15) is 4.98 Å². The third-order valence-electron chi connectivity index (χ3n) is 3.17. The van der Waals surface area contributed by atoms with E-state index in [9.17, 15) is 5.11 Å². The van der Waals surface area contributed by atoms with Crippen LogP contribution in [0.3, 0.4) is 0 Å². The van der Waals surface area contributed by atoms with Crippen molar-refractivity contribution in [3.8, 4) is 0 Å². The van der Waals surface area contributed by atoms with Crippen molar-refractivity contribution < 1.29 is 5.11 Å². The number of aliphatic hydroxyl groups is 1. The number of hydrogen-bond acceptors (Lipinski definition) is 5. The first-order valence-corrected chi connectivity index (χ1v) is 7.21. The van der Waals surface area contributed by atoms with Gasteiger partial charge in [0.1, 0.15) is 5.82 Å². The van der Waals surface area contributed by atoms with Gasteiger partial charge in [-0.05, 0) is 19.4 Å². The van der Waals surface area contributed by atoms with Crippen molar-refractivity contribution in [2.75, 3.05) is 29.9 Å². The molecule has 0 radical (unpaired) electrons. The van der Waals surface area contributed by atoms with Crippen LogP contribution in [0.2, 0.25) is 0 Å². The second kappa shape index (κ2) is 7.59. The van der Waals surface area contributed by atoms with E-state index < -0.39 is 0 Å². The summed E-state index contributed by atoms with van der Waals surface area (Å²) in [6.07, 6.45) is 1.82. The molecule has 1 aromatic carbocycles. The molecule has 1 heterocycles. The summed E-state index contributed by atoms with van der Waals surface area (Å²) in [5.74, 6) is 1.48. The lowest BCUT2D eigenvalue weighted by Crippen LogP contribution is -2.28. The first-order chi connectivity index (χ1) is 10.2. The van der Waals surface area contributed by atoms with Gasteiger partial charge in [-0.1, -0.05) is 30.3 Å². The van der Waals surface area contributed by atoms with Crippen LogP contribution in [0, 0.1) is 6.92 Å². The van der Waals surface area contributed by atoms with Crippen LogP contribution in [0.25, 0.3) is 0 Å². The average Bonchev–Trinajstić information content (AvgIpc) is 2.50. The highest BCUT2D eigenvalue weighted by atomic mass is 16.3. The molecule has 0 bridgehead atoms. The van der Waals surface area contributed by atoms with E-state index in [0.717, 1.165) is 17.9 Å². The van der Waals surface area contributed by atoms with Crippen molar-refractivity contribution in [2.45, 2.75) is 20.4 Å². The SMILES string of the molecule is CCNc1ncc(C)c(N(CCO)Cc2ccccc2)n1. The average molecular weight is 286 g/mol. The zero-order valence-electron chi connectivity index (χ0n) is 12.6. The van der Waals surface area contributed by atoms with Crippen LogP contribution in [0.5, 0.6) is 0 Å². The zero-order chi connectivity index (χ0) is 15.1. The summed E-state index contributed by atoms with van der Waals surface area (Å²) in [6, 6.07) is 10.2. The zero-order valence-corrected chi connectivity index (χ0v) is 12.6. The van der Waals surface area contributed by atoms with Gasteiger partial charge in [0, 0.05) is 31.4 Å². The number of aromatic nitrogens is 2. The molecule has 0 aliphatic rings. The standard InChI is InChI=1S/C16H22N4O/c1-3-17-16-18-11-13(2)15(19-16)20(9-10-21)12-14-7-5-4-6-8-14/h4-8,11,21H,3,9-10,12H2,1-2H3,(H,17,18,19). The van der Waals surface area contributed by atoms with E-state index >= 15 is 0 Å². The number of hydrogen-bond donors (Lipinski definition) is 2. The maximum absolute atomic E-state index is 9.34. The van der Waals surface area contributed by atoms with Crippen molar-refractivity contribution in [1.82, 2.24) is 9.97 Å². The number of aryl methyl sites for hydroxylation is 1. The molecule has 0 spiro atoms. The van der Waals surface area contributed by atoms with E-state index in [2.05, 4.69) is 32.3 Å². The maximum atomic E-state index is 9.34. The highest BCUT2D eigenvalue weighted by molar-refractivity contribution is 5.49. The van der Waals surface area contributed by atoms with E-state index in [1.165, 1.54) is 5.56 Å². The summed E-state index contributed by atoms with van der Waals surface area (Å²) < 4.78 is 0. The minimum absolute atomic E-state index is 0.0901. The summed E-state index contributed by atoms with van der Waals surface area (Å²) in [4.78, 5) is 10.9. The maximum Gasteiger partial charge on any atom is 0.224 e. The molecule has 2 aromatic rings. The van der Waals surface area contributed by atoms with Gasteiger partial charge in [-0.3, -0.25) is 0 Å². The lowest BCUT2D eigenvalue weighted by Gasteiger charge is -2.24. The van der Waals surface area contributed by atoms with Crippen molar-refractivity contribution >= 4 is 11.8 Å². The summed E-state index contributed by atoms with van der Waals surface area (Å²) >= 11 is 0. The van der Waals surface area contributed by atoms with Crippen LogP contribution in [0.4, 0.5) is 11.8 Å². The Morgan fingerprint density at radius 2 is 2.00 bits per heavy atom. The molecule has 0 amide bonds. The molecule has 2 N–H and O–H groups in total. The van der Waals surface area contributed by atoms with E-state index in [0.29, 0.717) is 19.0 Å². The molecule has 1 aromatic heterocycles. The van der Waals surface area contributed by atoms with Crippen molar-refractivity contribution in [3.63, 3.8) is 0 Å². The molecule has 2 rings (SSSR count). The summed E-state index contributed by atoms with van der Waals surface area (Å²) in [7, 11) is 0. The fourth-order valence-electron chi connectivity index (χ4n) is 2.18. The van der Waals surface area contributed by atoms with Gasteiger partial charge in [0.15, 0.2) is 0 Å². The van der Waals surface area contributed by atoms with Gasteiger partial charge in [0.2, 0.25) is 5.95 Å². The van der Waals surface area contributed by atoms with Crippen LogP contribution >= 0.6 is 0 Å². The van der Waals surface area contributed by atoms with Crippen molar-refractivity contribution in [1.29, 1.82) is 0 Å². The predicted octanol–water partition coefficient (Wildman–Crippen LogP) is 2.22. The van der Waals surface area contributed by atoms with Gasteiger partial charge >= 0.3 is 0 Å². The van der Waals surface area contributed by atoms with Gasteiger partial charge in [-0.15, -0.1) is 0 Å². The number of nitrogens with one attached hydrogen (secondary N) is 1. The van der Waals surface area contributed by atoms with Crippen LogP contribution < -0.4 is 10.2 Å².